The number of hydrogen-bond acceptors (Lipinski definition) is 4. The second-order valence-corrected chi connectivity index (χ2v) is 6.18. The van der Waals surface area contributed by atoms with Crippen LogP contribution in [-0.4, -0.2) is 27.8 Å². The quantitative estimate of drug-likeness (QED) is 0.599. The summed E-state index contributed by atoms with van der Waals surface area (Å²) < 4.78 is 5.65. The van der Waals surface area contributed by atoms with Gasteiger partial charge in [0, 0.05) is 16.1 Å². The lowest BCUT2D eigenvalue weighted by atomic mass is 10.1. The van der Waals surface area contributed by atoms with E-state index in [2.05, 4.69) is 0 Å². The number of nitrogens with two attached hydrogens (primary N) is 1. The van der Waals surface area contributed by atoms with Crippen molar-refractivity contribution in [1.82, 2.24) is 4.90 Å². The zero-order chi connectivity index (χ0) is 18.0. The van der Waals surface area contributed by atoms with Gasteiger partial charge in [0.2, 0.25) is 0 Å². The number of aliphatic hydroxyl groups is 1. The van der Waals surface area contributed by atoms with Crippen molar-refractivity contribution in [2.75, 3.05) is 12.3 Å². The van der Waals surface area contributed by atoms with Gasteiger partial charge in [-0.2, -0.15) is 0 Å². The van der Waals surface area contributed by atoms with Gasteiger partial charge >= 0.3 is 6.09 Å². The summed E-state index contributed by atoms with van der Waals surface area (Å²) in [5.74, 6) is 0.473. The zero-order valence-electron chi connectivity index (χ0n) is 13.2. The van der Waals surface area contributed by atoms with Gasteiger partial charge in [-0.3, -0.25) is 4.90 Å². The summed E-state index contributed by atoms with van der Waals surface area (Å²) in [5.41, 5.74) is 7.52. The summed E-state index contributed by atoms with van der Waals surface area (Å²) in [7, 11) is 0. The number of aliphatic hydroxyl groups excluding tert-OH is 1. The van der Waals surface area contributed by atoms with Crippen molar-refractivity contribution in [3.8, 4) is 0 Å². The van der Waals surface area contributed by atoms with Crippen molar-refractivity contribution in [2.45, 2.75) is 12.6 Å². The van der Waals surface area contributed by atoms with E-state index < -0.39 is 12.2 Å². The Labute approximate surface area is 149 Å². The fourth-order valence-electron chi connectivity index (χ4n) is 2.62. The highest BCUT2D eigenvalue weighted by molar-refractivity contribution is 6.30. The highest BCUT2D eigenvalue weighted by atomic mass is 35.5. The fraction of sp³-hybridized carbons (Fsp3) is 0.167. The molecule has 0 saturated heterocycles. The molecule has 7 heteroatoms. The van der Waals surface area contributed by atoms with Gasteiger partial charge in [0.1, 0.15) is 11.3 Å². The summed E-state index contributed by atoms with van der Waals surface area (Å²) in [4.78, 5) is 12.6. The maximum absolute atomic E-state index is 11.5. The van der Waals surface area contributed by atoms with Crippen LogP contribution in [0, 0.1) is 0 Å². The molecule has 0 bridgehead atoms. The van der Waals surface area contributed by atoms with E-state index in [1.807, 2.05) is 0 Å². The summed E-state index contributed by atoms with van der Waals surface area (Å²) in [6.07, 6.45) is -2.14. The molecule has 2 aromatic carbocycles. The molecule has 3 rings (SSSR count). The number of halogens is 1. The molecule has 1 aromatic heterocycles. The minimum atomic E-state index is -1.15. The second kappa shape index (κ2) is 7.04. The van der Waals surface area contributed by atoms with Crippen LogP contribution in [0.5, 0.6) is 0 Å². The number of amides is 1. The lowest BCUT2D eigenvalue weighted by Crippen LogP contribution is -2.32. The van der Waals surface area contributed by atoms with E-state index in [1.54, 1.807) is 48.5 Å². The molecule has 4 N–H and O–H groups in total. The maximum atomic E-state index is 11.5. The highest BCUT2D eigenvalue weighted by Gasteiger charge is 2.20. The van der Waals surface area contributed by atoms with Crippen LogP contribution < -0.4 is 5.73 Å². The third-order valence-corrected chi connectivity index (χ3v) is 4.07. The molecule has 1 heterocycles. The lowest BCUT2D eigenvalue weighted by molar-refractivity contribution is 0.0906. The van der Waals surface area contributed by atoms with Crippen LogP contribution in [0.4, 0.5) is 10.5 Å². The Bertz CT molecular complexity index is 909. The Morgan fingerprint density at radius 2 is 2.04 bits per heavy atom. The molecule has 0 fully saturated rings. The van der Waals surface area contributed by atoms with Gasteiger partial charge in [-0.25, -0.2) is 4.79 Å². The molecule has 25 heavy (non-hydrogen) atoms. The van der Waals surface area contributed by atoms with E-state index in [4.69, 9.17) is 21.8 Å². The molecule has 0 aliphatic carbocycles. The highest BCUT2D eigenvalue weighted by Crippen LogP contribution is 2.24. The normalized spacial score (nSPS) is 12.2. The predicted octanol–water partition coefficient (Wildman–Crippen LogP) is 3.88. The summed E-state index contributed by atoms with van der Waals surface area (Å²) >= 11 is 5.91. The Morgan fingerprint density at radius 3 is 2.76 bits per heavy atom. The van der Waals surface area contributed by atoms with Gasteiger partial charge in [0.25, 0.3) is 0 Å². The molecule has 3 aromatic rings. The number of nitrogens with zero attached hydrogens (tertiary/aromatic N) is 1. The molecule has 0 saturated carbocycles. The molecule has 0 spiro atoms. The Kier molecular flexibility index (Phi) is 4.83. The van der Waals surface area contributed by atoms with E-state index in [9.17, 15) is 15.0 Å². The van der Waals surface area contributed by atoms with Gasteiger partial charge in [-0.15, -0.1) is 0 Å². The van der Waals surface area contributed by atoms with Gasteiger partial charge in [-0.1, -0.05) is 23.7 Å². The van der Waals surface area contributed by atoms with E-state index in [-0.39, 0.29) is 13.1 Å². The molecule has 0 aliphatic rings. The Morgan fingerprint density at radius 1 is 1.24 bits per heavy atom. The molecular weight excluding hydrogens is 344 g/mol. The average Bonchev–Trinajstić information content (AvgIpc) is 2.95. The van der Waals surface area contributed by atoms with Crippen LogP contribution in [0.2, 0.25) is 5.02 Å². The Hall–Kier alpha value is -2.70. The number of nitrogen functional groups attached to an aromatic ring is 1. The number of anilines is 1. The van der Waals surface area contributed by atoms with Crippen LogP contribution in [0.1, 0.15) is 17.4 Å². The van der Waals surface area contributed by atoms with Gasteiger partial charge in [-0.05, 0) is 42.0 Å². The number of carbonyl (C=O) groups is 1. The smallest absolute Gasteiger partial charge is 0.407 e. The van der Waals surface area contributed by atoms with Crippen LogP contribution in [0.25, 0.3) is 11.0 Å². The summed E-state index contributed by atoms with van der Waals surface area (Å²) in [5, 5.41) is 21.0. The minimum absolute atomic E-state index is 0.0154. The van der Waals surface area contributed by atoms with Crippen molar-refractivity contribution in [3.63, 3.8) is 0 Å². The van der Waals surface area contributed by atoms with E-state index in [0.29, 0.717) is 27.6 Å². The van der Waals surface area contributed by atoms with E-state index >= 15 is 0 Å². The van der Waals surface area contributed by atoms with Gasteiger partial charge < -0.3 is 20.4 Å². The van der Waals surface area contributed by atoms with E-state index in [0.717, 1.165) is 10.3 Å². The number of rotatable bonds is 5. The topological polar surface area (TPSA) is 99.9 Å². The predicted molar refractivity (Wildman–Crippen MR) is 95.5 cm³/mol. The molecule has 0 unspecified atom stereocenters. The molecule has 1 atom stereocenters. The van der Waals surface area contributed by atoms with Gasteiger partial charge in [0.15, 0.2) is 0 Å². The van der Waals surface area contributed by atoms with Crippen molar-refractivity contribution in [3.05, 3.63) is 64.9 Å². The Balaban J connectivity index is 1.77. The van der Waals surface area contributed by atoms with Gasteiger partial charge in [0.05, 0.1) is 19.2 Å². The minimum Gasteiger partial charge on any atom is -0.465 e. The molecule has 6 nitrogen and oxygen atoms in total. The molecular formula is C18H17ClN2O4. The summed E-state index contributed by atoms with van der Waals surface area (Å²) in [6, 6.07) is 13.6. The first-order valence-corrected chi connectivity index (χ1v) is 7.99. The number of furan rings is 1. The SMILES string of the molecule is Nc1ccc2oc(CN(C[C@@H](O)c3cccc(Cl)c3)C(=O)O)cc2c1. The molecule has 0 aliphatic heterocycles. The third-order valence-electron chi connectivity index (χ3n) is 3.84. The fourth-order valence-corrected chi connectivity index (χ4v) is 2.82. The van der Waals surface area contributed by atoms with E-state index in [1.165, 1.54) is 0 Å². The second-order valence-electron chi connectivity index (χ2n) is 5.74. The van der Waals surface area contributed by atoms with Crippen molar-refractivity contribution in [1.29, 1.82) is 0 Å². The van der Waals surface area contributed by atoms with Crippen LogP contribution >= 0.6 is 11.6 Å². The first-order valence-electron chi connectivity index (χ1n) is 7.62. The number of hydrogen-bond donors (Lipinski definition) is 3. The first kappa shape index (κ1) is 17.1. The van der Waals surface area contributed by atoms with Crippen LogP contribution in [-0.2, 0) is 6.54 Å². The summed E-state index contributed by atoms with van der Waals surface area (Å²) in [6.45, 7) is -0.0869. The van der Waals surface area contributed by atoms with Crippen molar-refractivity contribution >= 4 is 34.4 Å². The monoisotopic (exact) mass is 360 g/mol. The molecule has 130 valence electrons. The average molecular weight is 361 g/mol. The first-order chi connectivity index (χ1) is 11.9. The van der Waals surface area contributed by atoms with Crippen molar-refractivity contribution < 1.29 is 19.4 Å². The largest absolute Gasteiger partial charge is 0.465 e. The molecule has 0 radical (unpaired) electrons. The van der Waals surface area contributed by atoms with Crippen molar-refractivity contribution in [2.24, 2.45) is 0 Å². The van der Waals surface area contributed by atoms with Crippen LogP contribution in [0.3, 0.4) is 0 Å². The molecule has 1 amide bonds. The third kappa shape index (κ3) is 4.04. The van der Waals surface area contributed by atoms with Crippen LogP contribution in [0.15, 0.2) is 52.9 Å². The standard InChI is InChI=1S/C18H17ClN2O4/c19-13-3-1-2-11(6-13)16(22)10-21(18(23)24)9-15-8-12-7-14(20)4-5-17(12)25-15/h1-8,16,22H,9-10,20H2,(H,23,24)/t16-/m1/s1. The number of benzene rings is 2. The number of carboxylic acid groups (broad SMARTS) is 1. The maximum Gasteiger partial charge on any atom is 0.407 e. The lowest BCUT2D eigenvalue weighted by Gasteiger charge is -2.21. The number of fused-ring (bicyclic) bond motifs is 1. The zero-order valence-corrected chi connectivity index (χ0v) is 14.0.